The molecule has 0 spiro atoms. The van der Waals surface area contributed by atoms with E-state index in [1.807, 2.05) is 6.07 Å². The van der Waals surface area contributed by atoms with Crippen LogP contribution in [0.4, 0.5) is 0 Å². The molecule has 1 nitrogen and oxygen atoms in total. The zero-order chi connectivity index (χ0) is 11.7. The highest BCUT2D eigenvalue weighted by atomic mass is 32.1. The third kappa shape index (κ3) is 2.30. The molecule has 3 aromatic rings. The predicted molar refractivity (Wildman–Crippen MR) is 77.6 cm³/mol. The smallest absolute Gasteiger partial charge is 0.117 e. The molecule has 3 heteroatoms. The normalized spacial score (nSPS) is 11.6. The molecule has 0 bridgehead atoms. The van der Waals surface area contributed by atoms with Crippen LogP contribution in [0.15, 0.2) is 35.7 Å². The molecule has 0 saturated carbocycles. The summed E-state index contributed by atoms with van der Waals surface area (Å²) >= 11 is 3.51. The molecule has 2 heterocycles. The van der Waals surface area contributed by atoms with E-state index in [1.165, 1.54) is 15.1 Å². The Morgan fingerprint density at radius 2 is 2.06 bits per heavy atom. The summed E-state index contributed by atoms with van der Waals surface area (Å²) in [6.45, 7) is 2.12. The molecule has 0 aliphatic rings. The number of para-hydroxylation sites is 1. The number of thiophene rings is 1. The Balaban J connectivity index is 1.92. The first-order valence-corrected chi connectivity index (χ1v) is 7.10. The molecular formula is C14H11NS2. The quantitative estimate of drug-likeness (QED) is 0.640. The lowest BCUT2D eigenvalue weighted by Crippen LogP contribution is -1.68. The van der Waals surface area contributed by atoms with Crippen molar-refractivity contribution in [2.45, 2.75) is 6.92 Å². The van der Waals surface area contributed by atoms with Gasteiger partial charge in [-0.1, -0.05) is 18.2 Å². The highest BCUT2D eigenvalue weighted by molar-refractivity contribution is 7.19. The SMILES string of the molecule is Cc1cc(/C=C/c2nc3ccccc3s2)cs1. The van der Waals surface area contributed by atoms with Gasteiger partial charge in [0.1, 0.15) is 5.01 Å². The van der Waals surface area contributed by atoms with E-state index in [1.54, 1.807) is 22.7 Å². The van der Waals surface area contributed by atoms with Gasteiger partial charge in [-0.05, 0) is 42.1 Å². The van der Waals surface area contributed by atoms with Crippen molar-refractivity contribution in [3.8, 4) is 0 Å². The van der Waals surface area contributed by atoms with Gasteiger partial charge < -0.3 is 0 Å². The molecule has 2 aromatic heterocycles. The molecule has 0 radical (unpaired) electrons. The minimum absolute atomic E-state index is 1.06. The minimum atomic E-state index is 1.06. The van der Waals surface area contributed by atoms with Gasteiger partial charge in [0.05, 0.1) is 10.2 Å². The van der Waals surface area contributed by atoms with Crippen LogP contribution < -0.4 is 0 Å². The zero-order valence-corrected chi connectivity index (χ0v) is 11.0. The van der Waals surface area contributed by atoms with Crippen molar-refractivity contribution in [2.24, 2.45) is 0 Å². The van der Waals surface area contributed by atoms with E-state index in [0.717, 1.165) is 10.5 Å². The fraction of sp³-hybridized carbons (Fsp3) is 0.0714. The van der Waals surface area contributed by atoms with Crippen LogP contribution in [0, 0.1) is 6.92 Å². The van der Waals surface area contributed by atoms with E-state index in [-0.39, 0.29) is 0 Å². The van der Waals surface area contributed by atoms with E-state index in [2.05, 4.69) is 53.7 Å². The molecule has 0 unspecified atom stereocenters. The lowest BCUT2D eigenvalue weighted by atomic mass is 10.3. The van der Waals surface area contributed by atoms with E-state index in [4.69, 9.17) is 0 Å². The fourth-order valence-corrected chi connectivity index (χ4v) is 3.22. The van der Waals surface area contributed by atoms with Crippen LogP contribution in [0.2, 0.25) is 0 Å². The van der Waals surface area contributed by atoms with Gasteiger partial charge in [0.25, 0.3) is 0 Å². The van der Waals surface area contributed by atoms with Crippen LogP contribution in [-0.4, -0.2) is 4.98 Å². The number of aromatic nitrogens is 1. The van der Waals surface area contributed by atoms with E-state index in [0.29, 0.717) is 0 Å². The highest BCUT2D eigenvalue weighted by Gasteiger charge is 1.99. The average Bonchev–Trinajstić information content (AvgIpc) is 2.91. The number of hydrogen-bond donors (Lipinski definition) is 0. The number of thiazole rings is 1. The molecule has 17 heavy (non-hydrogen) atoms. The first-order chi connectivity index (χ1) is 8.31. The van der Waals surface area contributed by atoms with Crippen LogP contribution >= 0.6 is 22.7 Å². The predicted octanol–water partition coefficient (Wildman–Crippen LogP) is 4.84. The summed E-state index contributed by atoms with van der Waals surface area (Å²) in [5.74, 6) is 0. The second-order valence-corrected chi connectivity index (χ2v) is 6.02. The Kier molecular flexibility index (Phi) is 2.79. The second kappa shape index (κ2) is 4.43. The zero-order valence-electron chi connectivity index (χ0n) is 9.38. The maximum atomic E-state index is 4.57. The van der Waals surface area contributed by atoms with Crippen molar-refractivity contribution in [3.63, 3.8) is 0 Å². The van der Waals surface area contributed by atoms with Gasteiger partial charge in [0, 0.05) is 4.88 Å². The molecule has 0 N–H and O–H groups in total. The van der Waals surface area contributed by atoms with Gasteiger partial charge >= 0.3 is 0 Å². The Hall–Kier alpha value is -1.45. The summed E-state index contributed by atoms with van der Waals surface area (Å²) in [5, 5.41) is 3.23. The molecule has 0 fully saturated rings. The van der Waals surface area contributed by atoms with Crippen LogP contribution in [-0.2, 0) is 0 Å². The standard InChI is InChI=1S/C14H11NS2/c1-10-8-11(9-16-10)6-7-14-15-12-4-2-3-5-13(12)17-14/h2-9H,1H3/b7-6+. The van der Waals surface area contributed by atoms with Crippen LogP contribution in [0.3, 0.4) is 0 Å². The summed E-state index contributed by atoms with van der Waals surface area (Å²) < 4.78 is 1.24. The van der Waals surface area contributed by atoms with E-state index >= 15 is 0 Å². The number of aryl methyl sites for hydroxylation is 1. The van der Waals surface area contributed by atoms with Crippen molar-refractivity contribution in [1.82, 2.24) is 4.98 Å². The van der Waals surface area contributed by atoms with Crippen LogP contribution in [0.5, 0.6) is 0 Å². The summed E-state index contributed by atoms with van der Waals surface area (Å²) in [6, 6.07) is 10.4. The first-order valence-electron chi connectivity index (χ1n) is 5.40. The largest absolute Gasteiger partial charge is 0.237 e. The maximum absolute atomic E-state index is 4.57. The lowest BCUT2D eigenvalue weighted by Gasteiger charge is -1.82. The van der Waals surface area contributed by atoms with Gasteiger partial charge in [-0.15, -0.1) is 22.7 Å². The molecule has 3 rings (SSSR count). The number of fused-ring (bicyclic) bond motifs is 1. The average molecular weight is 257 g/mol. The minimum Gasteiger partial charge on any atom is -0.237 e. The Morgan fingerprint density at radius 1 is 1.18 bits per heavy atom. The summed E-state index contributed by atoms with van der Waals surface area (Å²) in [5.41, 5.74) is 2.34. The Labute approximate surface area is 108 Å². The molecule has 0 aliphatic heterocycles. The van der Waals surface area contributed by atoms with E-state index < -0.39 is 0 Å². The van der Waals surface area contributed by atoms with Crippen molar-refractivity contribution in [1.29, 1.82) is 0 Å². The second-order valence-electron chi connectivity index (χ2n) is 3.84. The van der Waals surface area contributed by atoms with Crippen molar-refractivity contribution in [2.75, 3.05) is 0 Å². The van der Waals surface area contributed by atoms with Gasteiger partial charge in [-0.3, -0.25) is 0 Å². The molecule has 84 valence electrons. The maximum Gasteiger partial charge on any atom is 0.117 e. The molecule has 0 amide bonds. The number of benzene rings is 1. The van der Waals surface area contributed by atoms with Crippen molar-refractivity contribution in [3.05, 3.63) is 51.2 Å². The molecule has 0 atom stereocenters. The lowest BCUT2D eigenvalue weighted by molar-refractivity contribution is 1.46. The van der Waals surface area contributed by atoms with Gasteiger partial charge in [0.2, 0.25) is 0 Å². The number of hydrogen-bond acceptors (Lipinski definition) is 3. The topological polar surface area (TPSA) is 12.9 Å². The molecule has 1 aromatic carbocycles. The number of rotatable bonds is 2. The molecule has 0 aliphatic carbocycles. The first kappa shape index (κ1) is 10.7. The Morgan fingerprint density at radius 3 is 2.82 bits per heavy atom. The van der Waals surface area contributed by atoms with Crippen LogP contribution in [0.25, 0.3) is 22.4 Å². The number of nitrogens with zero attached hydrogens (tertiary/aromatic N) is 1. The van der Waals surface area contributed by atoms with Gasteiger partial charge in [-0.2, -0.15) is 0 Å². The summed E-state index contributed by atoms with van der Waals surface area (Å²) in [4.78, 5) is 5.91. The van der Waals surface area contributed by atoms with Gasteiger partial charge in [-0.25, -0.2) is 4.98 Å². The van der Waals surface area contributed by atoms with Crippen LogP contribution in [0.1, 0.15) is 15.4 Å². The highest BCUT2D eigenvalue weighted by Crippen LogP contribution is 2.23. The third-order valence-corrected chi connectivity index (χ3v) is 4.36. The fourth-order valence-electron chi connectivity index (χ4n) is 1.68. The van der Waals surface area contributed by atoms with Crippen molar-refractivity contribution >= 4 is 45.0 Å². The summed E-state index contributed by atoms with van der Waals surface area (Å²) in [6.07, 6.45) is 4.22. The van der Waals surface area contributed by atoms with Crippen molar-refractivity contribution < 1.29 is 0 Å². The Bertz CT molecular complexity index is 643. The molecule has 0 saturated heterocycles. The third-order valence-electron chi connectivity index (χ3n) is 2.48. The molecular weight excluding hydrogens is 246 g/mol. The van der Waals surface area contributed by atoms with Gasteiger partial charge in [0.15, 0.2) is 0 Å². The monoisotopic (exact) mass is 257 g/mol. The summed E-state index contributed by atoms with van der Waals surface area (Å²) in [7, 11) is 0. The van der Waals surface area contributed by atoms with E-state index in [9.17, 15) is 0 Å².